The molecule has 0 fully saturated rings. The lowest BCUT2D eigenvalue weighted by Gasteiger charge is -2.00. The fourth-order valence-electron chi connectivity index (χ4n) is 1.16. The average molecular weight is 193 g/mol. The van der Waals surface area contributed by atoms with Crippen molar-refractivity contribution < 1.29 is 0 Å². The van der Waals surface area contributed by atoms with Gasteiger partial charge >= 0.3 is 0 Å². The van der Waals surface area contributed by atoms with Crippen LogP contribution in [-0.2, 0) is 13.0 Å². The van der Waals surface area contributed by atoms with Crippen LogP contribution in [0.5, 0.6) is 0 Å². The Morgan fingerprint density at radius 2 is 2.38 bits per heavy atom. The van der Waals surface area contributed by atoms with E-state index in [2.05, 4.69) is 35.5 Å². The van der Waals surface area contributed by atoms with Crippen LogP contribution < -0.4 is 5.32 Å². The van der Waals surface area contributed by atoms with E-state index in [4.69, 9.17) is 0 Å². The van der Waals surface area contributed by atoms with Crippen LogP contribution in [0.2, 0.25) is 0 Å². The van der Waals surface area contributed by atoms with Gasteiger partial charge in [0.05, 0.1) is 6.54 Å². The fraction of sp³-hybridized carbons (Fsp3) is 0.455. The Hall–Kier alpha value is -0.780. The normalized spacial score (nSPS) is 9.38. The molecule has 1 nitrogen and oxygen atoms in total. The molecule has 1 aromatic heterocycles. The van der Waals surface area contributed by atoms with Crippen LogP contribution in [0.4, 0.5) is 0 Å². The molecular weight excluding hydrogens is 178 g/mol. The Morgan fingerprint density at radius 1 is 1.54 bits per heavy atom. The van der Waals surface area contributed by atoms with Gasteiger partial charge in [-0.2, -0.15) is 0 Å². The van der Waals surface area contributed by atoms with Crippen LogP contribution in [0.1, 0.15) is 24.3 Å². The van der Waals surface area contributed by atoms with Crippen molar-refractivity contribution in [3.8, 4) is 11.8 Å². The Bertz CT molecular complexity index is 303. The molecule has 2 heteroatoms. The van der Waals surface area contributed by atoms with E-state index in [0.717, 1.165) is 19.5 Å². The minimum absolute atomic E-state index is 0.789. The molecule has 1 heterocycles. The van der Waals surface area contributed by atoms with Crippen LogP contribution >= 0.6 is 11.3 Å². The second-order valence-electron chi connectivity index (χ2n) is 2.75. The molecule has 0 spiro atoms. The Kier molecular flexibility index (Phi) is 4.59. The zero-order chi connectivity index (χ0) is 9.52. The second kappa shape index (κ2) is 5.80. The number of hydrogen-bond donors (Lipinski definition) is 1. The van der Waals surface area contributed by atoms with Gasteiger partial charge < -0.3 is 5.32 Å². The van der Waals surface area contributed by atoms with E-state index in [9.17, 15) is 0 Å². The number of thiophene rings is 1. The molecule has 1 aromatic rings. The summed E-state index contributed by atoms with van der Waals surface area (Å²) in [5.41, 5.74) is 1.46. The predicted octanol–water partition coefficient (Wildman–Crippen LogP) is 2.42. The molecule has 0 atom stereocenters. The third kappa shape index (κ3) is 3.22. The van der Waals surface area contributed by atoms with Gasteiger partial charge in [0.2, 0.25) is 0 Å². The number of rotatable bonds is 4. The van der Waals surface area contributed by atoms with Crippen molar-refractivity contribution in [2.75, 3.05) is 6.54 Å². The summed E-state index contributed by atoms with van der Waals surface area (Å²) in [6, 6.07) is 2.20. The predicted molar refractivity (Wildman–Crippen MR) is 58.9 cm³/mol. The molecule has 0 aliphatic rings. The molecule has 1 rings (SSSR count). The van der Waals surface area contributed by atoms with Crippen LogP contribution in [-0.4, -0.2) is 6.54 Å². The summed E-state index contributed by atoms with van der Waals surface area (Å²) in [6.45, 7) is 5.80. The highest BCUT2D eigenvalue weighted by Crippen LogP contribution is 2.16. The highest BCUT2D eigenvalue weighted by atomic mass is 32.1. The second-order valence-corrected chi connectivity index (χ2v) is 3.75. The first kappa shape index (κ1) is 10.3. The third-order valence-corrected chi connectivity index (χ3v) is 2.86. The van der Waals surface area contributed by atoms with Crippen LogP contribution in [0, 0.1) is 11.8 Å². The van der Waals surface area contributed by atoms with Crippen molar-refractivity contribution in [1.82, 2.24) is 5.32 Å². The highest BCUT2D eigenvalue weighted by Gasteiger charge is 1.99. The average Bonchev–Trinajstić information content (AvgIpc) is 2.60. The maximum absolute atomic E-state index is 3.30. The van der Waals surface area contributed by atoms with Crippen molar-refractivity contribution >= 4 is 11.3 Å². The van der Waals surface area contributed by atoms with Gasteiger partial charge in [0, 0.05) is 11.4 Å². The number of aryl methyl sites for hydroxylation is 1. The molecule has 0 radical (unpaired) electrons. The minimum Gasteiger partial charge on any atom is -0.301 e. The Labute approximate surface area is 84.2 Å². The van der Waals surface area contributed by atoms with Gasteiger partial charge in [-0.3, -0.25) is 0 Å². The van der Waals surface area contributed by atoms with Crippen molar-refractivity contribution in [1.29, 1.82) is 0 Å². The molecule has 0 aliphatic carbocycles. The van der Waals surface area contributed by atoms with Crippen LogP contribution in [0.25, 0.3) is 0 Å². The molecule has 0 amide bonds. The molecule has 1 N–H and O–H groups in total. The van der Waals surface area contributed by atoms with Crippen molar-refractivity contribution in [2.24, 2.45) is 0 Å². The van der Waals surface area contributed by atoms with E-state index in [1.807, 2.05) is 18.3 Å². The molecule has 0 saturated heterocycles. The molecule has 0 saturated carbocycles. The number of hydrogen-bond acceptors (Lipinski definition) is 2. The highest BCUT2D eigenvalue weighted by molar-refractivity contribution is 7.10. The summed E-state index contributed by atoms with van der Waals surface area (Å²) >= 11 is 1.82. The van der Waals surface area contributed by atoms with Crippen molar-refractivity contribution in [3.63, 3.8) is 0 Å². The molecule has 0 bridgehead atoms. The van der Waals surface area contributed by atoms with E-state index < -0.39 is 0 Å². The summed E-state index contributed by atoms with van der Waals surface area (Å²) in [5.74, 6) is 5.86. The van der Waals surface area contributed by atoms with E-state index in [1.165, 1.54) is 10.4 Å². The molecule has 0 unspecified atom stereocenters. The maximum atomic E-state index is 3.30. The smallest absolute Gasteiger partial charge is 0.0579 e. The summed E-state index contributed by atoms with van der Waals surface area (Å²) in [4.78, 5) is 1.44. The minimum atomic E-state index is 0.789. The van der Waals surface area contributed by atoms with Gasteiger partial charge in [-0.1, -0.05) is 12.8 Å². The first-order chi connectivity index (χ1) is 6.38. The topological polar surface area (TPSA) is 12.0 Å². The maximum Gasteiger partial charge on any atom is 0.0579 e. The fourth-order valence-corrected chi connectivity index (χ4v) is 2.11. The zero-order valence-electron chi connectivity index (χ0n) is 8.18. The first-order valence-corrected chi connectivity index (χ1v) is 5.42. The summed E-state index contributed by atoms with van der Waals surface area (Å²) in [6.07, 6.45) is 1.12. The summed E-state index contributed by atoms with van der Waals surface area (Å²) in [5, 5.41) is 5.45. The van der Waals surface area contributed by atoms with Gasteiger partial charge in [0.25, 0.3) is 0 Å². The lowest BCUT2D eigenvalue weighted by atomic mass is 10.2. The summed E-state index contributed by atoms with van der Waals surface area (Å²) < 4.78 is 0. The van der Waals surface area contributed by atoms with Crippen LogP contribution in [0.3, 0.4) is 0 Å². The van der Waals surface area contributed by atoms with Crippen molar-refractivity contribution in [2.45, 2.75) is 26.8 Å². The standard InChI is InChI=1S/C11H15NS/c1-3-5-7-12-9-11-10(4-2)6-8-13-11/h6,8,12H,4,7,9H2,1-2H3. The summed E-state index contributed by atoms with van der Waals surface area (Å²) in [7, 11) is 0. The Balaban J connectivity index is 2.38. The van der Waals surface area contributed by atoms with E-state index in [-0.39, 0.29) is 0 Å². The largest absolute Gasteiger partial charge is 0.301 e. The van der Waals surface area contributed by atoms with Crippen LogP contribution in [0.15, 0.2) is 11.4 Å². The van der Waals surface area contributed by atoms with E-state index >= 15 is 0 Å². The lowest BCUT2D eigenvalue weighted by molar-refractivity contribution is 0.773. The first-order valence-electron chi connectivity index (χ1n) is 4.54. The van der Waals surface area contributed by atoms with E-state index in [0.29, 0.717) is 0 Å². The molecule has 0 aromatic carbocycles. The molecule has 0 aliphatic heterocycles. The molecule has 13 heavy (non-hydrogen) atoms. The van der Waals surface area contributed by atoms with Gasteiger partial charge in [0.1, 0.15) is 0 Å². The zero-order valence-corrected chi connectivity index (χ0v) is 9.00. The number of nitrogens with one attached hydrogen (secondary N) is 1. The molecular formula is C11H15NS. The monoisotopic (exact) mass is 193 g/mol. The lowest BCUT2D eigenvalue weighted by Crippen LogP contribution is -2.13. The third-order valence-electron chi connectivity index (χ3n) is 1.89. The SMILES string of the molecule is CC#CCNCc1sccc1CC. The van der Waals surface area contributed by atoms with Gasteiger partial charge in [0.15, 0.2) is 0 Å². The Morgan fingerprint density at radius 3 is 3.08 bits per heavy atom. The van der Waals surface area contributed by atoms with E-state index in [1.54, 1.807) is 0 Å². The van der Waals surface area contributed by atoms with Gasteiger partial charge in [-0.25, -0.2) is 0 Å². The molecule has 70 valence electrons. The van der Waals surface area contributed by atoms with Gasteiger partial charge in [-0.15, -0.1) is 17.3 Å². The van der Waals surface area contributed by atoms with Gasteiger partial charge in [-0.05, 0) is 30.4 Å². The quantitative estimate of drug-likeness (QED) is 0.572. The van der Waals surface area contributed by atoms with Crippen molar-refractivity contribution in [3.05, 3.63) is 21.9 Å².